The van der Waals surface area contributed by atoms with Crippen molar-refractivity contribution in [2.75, 3.05) is 0 Å². The van der Waals surface area contributed by atoms with E-state index in [1.807, 2.05) is 0 Å². The van der Waals surface area contributed by atoms with E-state index >= 15 is 0 Å². The molecule has 0 aliphatic rings. The third-order valence-electron chi connectivity index (χ3n) is 2.44. The minimum absolute atomic E-state index is 0.00725. The van der Waals surface area contributed by atoms with E-state index < -0.39 is 4.92 Å². The van der Waals surface area contributed by atoms with Gasteiger partial charge in [-0.2, -0.15) is 0 Å². The fraction of sp³-hybridized carbons (Fsp3) is 0.0769. The molecule has 4 nitrogen and oxygen atoms in total. The van der Waals surface area contributed by atoms with Gasteiger partial charge in [-0.3, -0.25) is 10.1 Å². The lowest BCUT2D eigenvalue weighted by Gasteiger charge is -2.09. The number of halogens is 2. The Labute approximate surface area is 117 Å². The van der Waals surface area contributed by atoms with Crippen molar-refractivity contribution >= 4 is 21.6 Å². The van der Waals surface area contributed by atoms with Crippen LogP contribution >= 0.6 is 15.9 Å². The van der Waals surface area contributed by atoms with Gasteiger partial charge in [-0.1, -0.05) is 15.9 Å². The summed E-state index contributed by atoms with van der Waals surface area (Å²) < 4.78 is 18.6. The summed E-state index contributed by atoms with van der Waals surface area (Å²) in [6.45, 7) is 0. The van der Waals surface area contributed by atoms with E-state index in [-0.39, 0.29) is 11.5 Å². The zero-order chi connectivity index (χ0) is 13.8. The molecule has 0 heterocycles. The van der Waals surface area contributed by atoms with E-state index in [1.54, 1.807) is 0 Å². The Morgan fingerprint density at radius 2 is 1.89 bits per heavy atom. The Balaban J connectivity index is 2.23. The van der Waals surface area contributed by atoms with E-state index in [1.165, 1.54) is 42.5 Å². The smallest absolute Gasteiger partial charge is 0.269 e. The minimum Gasteiger partial charge on any atom is -0.457 e. The molecule has 0 N–H and O–H groups in total. The molecule has 2 aromatic carbocycles. The number of alkyl halides is 1. The number of rotatable bonds is 4. The second kappa shape index (κ2) is 5.79. The van der Waals surface area contributed by atoms with Crippen LogP contribution in [0.4, 0.5) is 10.1 Å². The normalized spacial score (nSPS) is 10.2. The molecular formula is C13H9BrFNO3. The van der Waals surface area contributed by atoms with Crippen LogP contribution in [0.5, 0.6) is 11.5 Å². The molecule has 19 heavy (non-hydrogen) atoms. The predicted octanol–water partition coefficient (Wildman–Crippen LogP) is 4.42. The van der Waals surface area contributed by atoms with Crippen LogP contribution in [0, 0.1) is 15.9 Å². The van der Waals surface area contributed by atoms with Gasteiger partial charge in [-0.25, -0.2) is 4.39 Å². The molecule has 0 radical (unpaired) electrons. The first-order valence-corrected chi connectivity index (χ1v) is 6.49. The predicted molar refractivity (Wildman–Crippen MR) is 72.2 cm³/mol. The summed E-state index contributed by atoms with van der Waals surface area (Å²) in [6, 6.07) is 9.90. The van der Waals surface area contributed by atoms with Gasteiger partial charge in [0.25, 0.3) is 5.69 Å². The summed E-state index contributed by atoms with van der Waals surface area (Å²) in [5.74, 6) is 0.622. The highest BCUT2D eigenvalue weighted by Crippen LogP contribution is 2.28. The summed E-state index contributed by atoms with van der Waals surface area (Å²) in [7, 11) is 0. The minimum atomic E-state index is -0.481. The quantitative estimate of drug-likeness (QED) is 0.475. The Morgan fingerprint density at radius 3 is 2.47 bits per heavy atom. The van der Waals surface area contributed by atoms with Gasteiger partial charge in [0.15, 0.2) is 0 Å². The van der Waals surface area contributed by atoms with Gasteiger partial charge in [0.05, 0.1) is 4.92 Å². The van der Waals surface area contributed by atoms with Crippen LogP contribution in [0.3, 0.4) is 0 Å². The standard InChI is InChI=1S/C13H9BrFNO3/c14-8-9-7-10(15)1-6-13(9)19-12-4-2-11(3-5-12)16(17)18/h1-7H,8H2. The topological polar surface area (TPSA) is 52.4 Å². The van der Waals surface area contributed by atoms with Crippen LogP contribution in [0.25, 0.3) is 0 Å². The number of nitrogens with zero attached hydrogens (tertiary/aromatic N) is 1. The Morgan fingerprint density at radius 1 is 1.21 bits per heavy atom. The van der Waals surface area contributed by atoms with Gasteiger partial charge in [-0.05, 0) is 30.3 Å². The van der Waals surface area contributed by atoms with Crippen molar-refractivity contribution in [3.05, 3.63) is 64.0 Å². The summed E-state index contributed by atoms with van der Waals surface area (Å²) in [4.78, 5) is 10.0. The molecule has 2 rings (SSSR count). The number of hydrogen-bond acceptors (Lipinski definition) is 3. The zero-order valence-corrected chi connectivity index (χ0v) is 11.3. The second-order valence-electron chi connectivity index (χ2n) is 3.74. The first kappa shape index (κ1) is 13.5. The van der Waals surface area contributed by atoms with E-state index in [0.29, 0.717) is 22.4 Å². The average molecular weight is 326 g/mol. The molecule has 0 amide bonds. The van der Waals surface area contributed by atoms with Gasteiger partial charge in [0, 0.05) is 23.0 Å². The van der Waals surface area contributed by atoms with Gasteiger partial charge in [-0.15, -0.1) is 0 Å². The maximum Gasteiger partial charge on any atom is 0.269 e. The van der Waals surface area contributed by atoms with Crippen molar-refractivity contribution in [3.63, 3.8) is 0 Å². The number of nitro benzene ring substituents is 1. The molecule has 0 atom stereocenters. The molecule has 0 saturated heterocycles. The molecular weight excluding hydrogens is 317 g/mol. The van der Waals surface area contributed by atoms with Crippen molar-refractivity contribution in [3.8, 4) is 11.5 Å². The SMILES string of the molecule is O=[N+]([O-])c1ccc(Oc2ccc(F)cc2CBr)cc1. The van der Waals surface area contributed by atoms with Gasteiger partial charge in [0.2, 0.25) is 0 Å². The summed E-state index contributed by atoms with van der Waals surface area (Å²) in [6.07, 6.45) is 0. The largest absolute Gasteiger partial charge is 0.457 e. The highest BCUT2D eigenvalue weighted by atomic mass is 79.9. The number of benzene rings is 2. The van der Waals surface area contributed by atoms with Crippen molar-refractivity contribution in [2.45, 2.75) is 5.33 Å². The van der Waals surface area contributed by atoms with Crippen LogP contribution in [0.2, 0.25) is 0 Å². The zero-order valence-electron chi connectivity index (χ0n) is 9.68. The number of nitro groups is 1. The molecule has 2 aromatic rings. The molecule has 0 aliphatic heterocycles. The van der Waals surface area contributed by atoms with Gasteiger partial charge < -0.3 is 4.74 Å². The highest BCUT2D eigenvalue weighted by Gasteiger charge is 2.08. The fourth-order valence-corrected chi connectivity index (χ4v) is 1.95. The molecule has 6 heteroatoms. The lowest BCUT2D eigenvalue weighted by molar-refractivity contribution is -0.384. The molecule has 0 aliphatic carbocycles. The summed E-state index contributed by atoms with van der Waals surface area (Å²) >= 11 is 3.25. The average Bonchev–Trinajstić information content (AvgIpc) is 2.41. The number of hydrogen-bond donors (Lipinski definition) is 0. The van der Waals surface area contributed by atoms with Crippen LogP contribution in [0.1, 0.15) is 5.56 Å². The fourth-order valence-electron chi connectivity index (χ4n) is 1.51. The van der Waals surface area contributed by atoms with Crippen LogP contribution in [0.15, 0.2) is 42.5 Å². The van der Waals surface area contributed by atoms with E-state index in [0.717, 1.165) is 0 Å². The van der Waals surface area contributed by atoms with Crippen LogP contribution in [-0.4, -0.2) is 4.92 Å². The Kier molecular flexibility index (Phi) is 4.11. The number of non-ortho nitro benzene ring substituents is 1. The monoisotopic (exact) mass is 325 g/mol. The van der Waals surface area contributed by atoms with Gasteiger partial charge >= 0.3 is 0 Å². The first-order valence-electron chi connectivity index (χ1n) is 5.37. The molecule has 0 spiro atoms. The van der Waals surface area contributed by atoms with E-state index in [4.69, 9.17) is 4.74 Å². The van der Waals surface area contributed by atoms with E-state index in [9.17, 15) is 14.5 Å². The maximum absolute atomic E-state index is 13.1. The lowest BCUT2D eigenvalue weighted by atomic mass is 10.2. The van der Waals surface area contributed by atoms with Crippen molar-refractivity contribution in [1.82, 2.24) is 0 Å². The van der Waals surface area contributed by atoms with Crippen LogP contribution < -0.4 is 4.74 Å². The third kappa shape index (κ3) is 3.29. The first-order chi connectivity index (χ1) is 9.10. The molecule has 98 valence electrons. The van der Waals surface area contributed by atoms with Crippen molar-refractivity contribution in [2.24, 2.45) is 0 Å². The molecule has 0 aromatic heterocycles. The second-order valence-corrected chi connectivity index (χ2v) is 4.30. The molecule has 0 saturated carbocycles. The highest BCUT2D eigenvalue weighted by molar-refractivity contribution is 9.08. The third-order valence-corrected chi connectivity index (χ3v) is 3.05. The molecule has 0 bridgehead atoms. The van der Waals surface area contributed by atoms with Crippen molar-refractivity contribution in [1.29, 1.82) is 0 Å². The van der Waals surface area contributed by atoms with Gasteiger partial charge in [0.1, 0.15) is 17.3 Å². The van der Waals surface area contributed by atoms with Crippen LogP contribution in [-0.2, 0) is 5.33 Å². The molecule has 0 unspecified atom stereocenters. The molecule has 0 fully saturated rings. The summed E-state index contributed by atoms with van der Waals surface area (Å²) in [5, 5.41) is 11.0. The number of ether oxygens (including phenoxy) is 1. The summed E-state index contributed by atoms with van der Waals surface area (Å²) in [5.41, 5.74) is 0.658. The maximum atomic E-state index is 13.1. The Hall–Kier alpha value is -1.95. The Bertz CT molecular complexity index is 601. The van der Waals surface area contributed by atoms with Crippen molar-refractivity contribution < 1.29 is 14.1 Å². The van der Waals surface area contributed by atoms with E-state index in [2.05, 4.69) is 15.9 Å². The lowest BCUT2D eigenvalue weighted by Crippen LogP contribution is -1.92.